The van der Waals surface area contributed by atoms with Gasteiger partial charge in [0.2, 0.25) is 5.91 Å². The first-order chi connectivity index (χ1) is 10.1. The van der Waals surface area contributed by atoms with Gasteiger partial charge in [-0.05, 0) is 56.3 Å². The van der Waals surface area contributed by atoms with Crippen molar-refractivity contribution in [3.63, 3.8) is 0 Å². The second kappa shape index (κ2) is 5.98. The molecule has 1 aromatic rings. The minimum Gasteiger partial charge on any atom is -0.335 e. The molecule has 0 unspecified atom stereocenters. The zero-order valence-corrected chi connectivity index (χ0v) is 13.3. The molecule has 0 saturated carbocycles. The molecule has 2 aliphatic rings. The van der Waals surface area contributed by atoms with Gasteiger partial charge in [0.15, 0.2) is 0 Å². The molecule has 2 aliphatic heterocycles. The second-order valence-electron chi connectivity index (χ2n) is 6.47. The molecule has 3 rings (SSSR count). The number of rotatable bonds is 2. The molecule has 1 spiro atoms. The zero-order valence-electron chi connectivity index (χ0n) is 12.6. The summed E-state index contributed by atoms with van der Waals surface area (Å²) in [7, 11) is 0. The summed E-state index contributed by atoms with van der Waals surface area (Å²) in [5.74, 6) is 0.270. The van der Waals surface area contributed by atoms with Crippen LogP contribution >= 0.6 is 11.6 Å². The lowest BCUT2D eigenvalue weighted by atomic mass is 9.72. The highest BCUT2D eigenvalue weighted by atomic mass is 35.5. The molecule has 1 atom stereocenters. The Bertz CT molecular complexity index is 525. The Labute approximate surface area is 131 Å². The third-order valence-electron chi connectivity index (χ3n) is 5.18. The van der Waals surface area contributed by atoms with Crippen LogP contribution in [0.3, 0.4) is 0 Å². The third kappa shape index (κ3) is 2.95. The van der Waals surface area contributed by atoms with Crippen LogP contribution in [-0.2, 0) is 4.79 Å². The van der Waals surface area contributed by atoms with Crippen molar-refractivity contribution in [2.45, 2.75) is 38.6 Å². The Balaban J connectivity index is 1.82. The van der Waals surface area contributed by atoms with Crippen LogP contribution in [0.15, 0.2) is 24.3 Å². The van der Waals surface area contributed by atoms with Gasteiger partial charge in [-0.1, -0.05) is 29.8 Å². The van der Waals surface area contributed by atoms with Gasteiger partial charge in [0.25, 0.3) is 0 Å². The van der Waals surface area contributed by atoms with E-state index in [1.54, 1.807) is 0 Å². The molecule has 3 nitrogen and oxygen atoms in total. The van der Waals surface area contributed by atoms with Gasteiger partial charge < -0.3 is 10.2 Å². The first-order valence-electron chi connectivity index (χ1n) is 7.86. The van der Waals surface area contributed by atoms with Crippen molar-refractivity contribution in [2.75, 3.05) is 19.6 Å². The fraction of sp³-hybridized carbons (Fsp3) is 0.588. The van der Waals surface area contributed by atoms with Gasteiger partial charge in [0.05, 0.1) is 6.04 Å². The van der Waals surface area contributed by atoms with Gasteiger partial charge in [0, 0.05) is 18.0 Å². The number of likely N-dealkylation sites (tertiary alicyclic amines) is 1. The highest BCUT2D eigenvalue weighted by Crippen LogP contribution is 2.41. The summed E-state index contributed by atoms with van der Waals surface area (Å²) in [6.45, 7) is 5.12. The lowest BCUT2D eigenvalue weighted by Crippen LogP contribution is -2.51. The number of nitrogens with zero attached hydrogens (tertiary/aromatic N) is 1. The van der Waals surface area contributed by atoms with E-state index < -0.39 is 0 Å². The van der Waals surface area contributed by atoms with E-state index in [9.17, 15) is 4.79 Å². The monoisotopic (exact) mass is 306 g/mol. The Morgan fingerprint density at radius 3 is 2.67 bits per heavy atom. The van der Waals surface area contributed by atoms with Crippen molar-refractivity contribution in [1.29, 1.82) is 0 Å². The molecule has 0 aromatic heterocycles. The largest absolute Gasteiger partial charge is 0.335 e. The summed E-state index contributed by atoms with van der Waals surface area (Å²) in [5.41, 5.74) is 1.37. The number of amides is 1. The molecule has 1 N–H and O–H groups in total. The Kier molecular flexibility index (Phi) is 4.23. The highest BCUT2D eigenvalue weighted by molar-refractivity contribution is 6.31. The fourth-order valence-electron chi connectivity index (χ4n) is 3.74. The van der Waals surface area contributed by atoms with Gasteiger partial charge in [-0.2, -0.15) is 0 Å². The molecule has 1 aromatic carbocycles. The maximum absolute atomic E-state index is 12.4. The third-order valence-corrected chi connectivity index (χ3v) is 5.53. The van der Waals surface area contributed by atoms with Crippen LogP contribution in [0.5, 0.6) is 0 Å². The number of nitrogens with one attached hydrogen (secondary N) is 1. The van der Waals surface area contributed by atoms with E-state index in [0.29, 0.717) is 11.8 Å². The number of hydrogen-bond acceptors (Lipinski definition) is 2. The molecule has 2 saturated heterocycles. The van der Waals surface area contributed by atoms with Crippen LogP contribution in [0, 0.1) is 5.41 Å². The summed E-state index contributed by atoms with van der Waals surface area (Å²) in [5, 5.41) is 4.18. The SMILES string of the molecule is C[C@@H](c1ccccc1Cl)N1CC2(CCNCC2)CCC1=O. The highest BCUT2D eigenvalue weighted by Gasteiger charge is 2.41. The number of carbonyl (C=O) groups excluding carboxylic acids is 1. The predicted molar refractivity (Wildman–Crippen MR) is 85.4 cm³/mol. The number of benzene rings is 1. The molecule has 0 radical (unpaired) electrons. The van der Waals surface area contributed by atoms with Gasteiger partial charge in [0.1, 0.15) is 0 Å². The van der Waals surface area contributed by atoms with Crippen molar-refractivity contribution in [1.82, 2.24) is 10.2 Å². The number of hydrogen-bond donors (Lipinski definition) is 1. The van der Waals surface area contributed by atoms with Crippen LogP contribution in [-0.4, -0.2) is 30.4 Å². The van der Waals surface area contributed by atoms with Gasteiger partial charge in [-0.15, -0.1) is 0 Å². The zero-order chi connectivity index (χ0) is 14.9. The summed E-state index contributed by atoms with van der Waals surface area (Å²) in [6.07, 6.45) is 4.06. The van der Waals surface area contributed by atoms with Crippen LogP contribution in [0.25, 0.3) is 0 Å². The summed E-state index contributed by atoms with van der Waals surface area (Å²) in [6, 6.07) is 7.92. The Morgan fingerprint density at radius 1 is 1.24 bits per heavy atom. The maximum Gasteiger partial charge on any atom is 0.223 e. The number of halogens is 1. The number of carbonyl (C=O) groups is 1. The molecule has 2 fully saturated rings. The molecule has 2 heterocycles. The summed E-state index contributed by atoms with van der Waals surface area (Å²) >= 11 is 6.32. The van der Waals surface area contributed by atoms with Gasteiger partial charge >= 0.3 is 0 Å². The van der Waals surface area contributed by atoms with E-state index in [2.05, 4.69) is 17.1 Å². The lowest BCUT2D eigenvalue weighted by Gasteiger charge is -2.47. The lowest BCUT2D eigenvalue weighted by molar-refractivity contribution is -0.141. The van der Waals surface area contributed by atoms with Crippen molar-refractivity contribution in [3.05, 3.63) is 34.9 Å². The maximum atomic E-state index is 12.4. The summed E-state index contributed by atoms with van der Waals surface area (Å²) < 4.78 is 0. The average Bonchev–Trinajstić information content (AvgIpc) is 2.51. The van der Waals surface area contributed by atoms with Gasteiger partial charge in [-0.3, -0.25) is 4.79 Å². The first kappa shape index (κ1) is 14.9. The minimum atomic E-state index is 0.0539. The summed E-state index contributed by atoms with van der Waals surface area (Å²) in [4.78, 5) is 14.5. The van der Waals surface area contributed by atoms with Crippen LogP contribution in [0.1, 0.15) is 44.2 Å². The normalized spacial score (nSPS) is 23.3. The van der Waals surface area contributed by atoms with E-state index >= 15 is 0 Å². The van der Waals surface area contributed by atoms with Crippen molar-refractivity contribution < 1.29 is 4.79 Å². The fourth-order valence-corrected chi connectivity index (χ4v) is 4.04. The van der Waals surface area contributed by atoms with E-state index in [-0.39, 0.29) is 11.9 Å². The Hall–Kier alpha value is -1.06. The Morgan fingerprint density at radius 2 is 1.95 bits per heavy atom. The van der Waals surface area contributed by atoms with E-state index in [1.807, 2.05) is 24.3 Å². The topological polar surface area (TPSA) is 32.3 Å². The molecule has 0 bridgehead atoms. The van der Waals surface area contributed by atoms with Gasteiger partial charge in [-0.25, -0.2) is 0 Å². The average molecular weight is 307 g/mol. The van der Waals surface area contributed by atoms with Crippen molar-refractivity contribution >= 4 is 17.5 Å². The molecule has 4 heteroatoms. The van der Waals surface area contributed by atoms with Crippen molar-refractivity contribution in [2.24, 2.45) is 5.41 Å². The number of piperidine rings is 2. The molecular formula is C17H23ClN2O. The van der Waals surface area contributed by atoms with E-state index in [4.69, 9.17) is 11.6 Å². The standard InChI is InChI=1S/C17H23ClN2O/c1-13(14-4-2-3-5-15(14)18)20-12-17(7-6-16(20)21)8-10-19-11-9-17/h2-5,13,19H,6-12H2,1H3/t13-/m0/s1. The van der Waals surface area contributed by atoms with Crippen LogP contribution in [0.2, 0.25) is 5.02 Å². The van der Waals surface area contributed by atoms with E-state index in [0.717, 1.165) is 36.6 Å². The van der Waals surface area contributed by atoms with Crippen molar-refractivity contribution in [3.8, 4) is 0 Å². The quantitative estimate of drug-likeness (QED) is 0.908. The smallest absolute Gasteiger partial charge is 0.223 e. The first-order valence-corrected chi connectivity index (χ1v) is 8.24. The van der Waals surface area contributed by atoms with Crippen LogP contribution < -0.4 is 5.32 Å². The van der Waals surface area contributed by atoms with E-state index in [1.165, 1.54) is 12.8 Å². The molecule has 1 amide bonds. The molecule has 21 heavy (non-hydrogen) atoms. The van der Waals surface area contributed by atoms with Crippen LogP contribution in [0.4, 0.5) is 0 Å². The molecule has 0 aliphatic carbocycles. The minimum absolute atomic E-state index is 0.0539. The predicted octanol–water partition coefficient (Wildman–Crippen LogP) is 3.39. The second-order valence-corrected chi connectivity index (χ2v) is 6.88. The molecule has 114 valence electrons. The molecular weight excluding hydrogens is 284 g/mol.